The summed E-state index contributed by atoms with van der Waals surface area (Å²) in [7, 11) is 1.70. The standard InChI is InChI=1S/C21H37N2OP/c1-7-20(25(16(2)3)17(4)5)21(18-11-8-9-12-18)22-23-14-10-13-19(23)15-24-6/h8-9,11,16-17,19-20H,7,10,12-15H2,1-6H3/b22-21-. The number of rotatable bonds is 9. The van der Waals surface area contributed by atoms with Gasteiger partial charge in [-0.15, -0.1) is 0 Å². The van der Waals surface area contributed by atoms with E-state index in [1.807, 2.05) is 0 Å². The minimum Gasteiger partial charge on any atom is -0.382 e. The molecule has 0 radical (unpaired) electrons. The Labute approximate surface area is 156 Å². The van der Waals surface area contributed by atoms with Crippen LogP contribution in [0.15, 0.2) is 28.9 Å². The van der Waals surface area contributed by atoms with Gasteiger partial charge < -0.3 is 4.74 Å². The molecule has 0 aromatic rings. The lowest BCUT2D eigenvalue weighted by molar-refractivity contribution is 0.118. The molecule has 142 valence electrons. The van der Waals surface area contributed by atoms with Gasteiger partial charge in [0.15, 0.2) is 0 Å². The van der Waals surface area contributed by atoms with Crippen molar-refractivity contribution in [2.45, 2.75) is 83.3 Å². The van der Waals surface area contributed by atoms with Crippen LogP contribution in [0.4, 0.5) is 0 Å². The Balaban J connectivity index is 2.35. The smallest absolute Gasteiger partial charge is 0.0714 e. The van der Waals surface area contributed by atoms with Crippen LogP contribution in [0.2, 0.25) is 0 Å². The van der Waals surface area contributed by atoms with Crippen molar-refractivity contribution in [3.8, 4) is 0 Å². The first kappa shape index (κ1) is 20.6. The fraction of sp³-hybridized carbons (Fsp3) is 0.762. The fourth-order valence-corrected chi connectivity index (χ4v) is 7.85. The average Bonchev–Trinajstić information content (AvgIpc) is 3.22. The summed E-state index contributed by atoms with van der Waals surface area (Å²) < 4.78 is 5.44. The summed E-state index contributed by atoms with van der Waals surface area (Å²) in [5.74, 6) is 0. The summed E-state index contributed by atoms with van der Waals surface area (Å²) in [5, 5.41) is 7.62. The van der Waals surface area contributed by atoms with E-state index in [0.717, 1.165) is 30.9 Å². The summed E-state index contributed by atoms with van der Waals surface area (Å²) in [5.41, 5.74) is 4.85. The molecule has 1 aliphatic carbocycles. The van der Waals surface area contributed by atoms with E-state index in [1.54, 1.807) is 7.11 Å². The molecule has 0 saturated carbocycles. The molecule has 2 unspecified atom stereocenters. The second-order valence-corrected chi connectivity index (χ2v) is 11.4. The van der Waals surface area contributed by atoms with Gasteiger partial charge in [-0.1, -0.05) is 60.8 Å². The molecule has 2 atom stereocenters. The first-order valence-electron chi connectivity index (χ1n) is 9.97. The maximum Gasteiger partial charge on any atom is 0.0714 e. The summed E-state index contributed by atoms with van der Waals surface area (Å²) in [6.07, 6.45) is 11.4. The Morgan fingerprint density at radius 1 is 1.32 bits per heavy atom. The number of allylic oxidation sites excluding steroid dienone is 4. The predicted molar refractivity (Wildman–Crippen MR) is 112 cm³/mol. The number of hydrogen-bond acceptors (Lipinski definition) is 3. The Bertz CT molecular complexity index is 502. The minimum atomic E-state index is -0.0973. The van der Waals surface area contributed by atoms with Crippen LogP contribution in [0.5, 0.6) is 0 Å². The van der Waals surface area contributed by atoms with Crippen LogP contribution in [0.1, 0.15) is 60.3 Å². The molecule has 25 heavy (non-hydrogen) atoms. The van der Waals surface area contributed by atoms with E-state index in [0.29, 0.717) is 11.7 Å². The molecule has 1 heterocycles. The van der Waals surface area contributed by atoms with Crippen molar-refractivity contribution in [3.05, 3.63) is 23.8 Å². The SMILES string of the molecule is CCC(/C(=N\N1CCCC1COC)C1=CC=CC1)P(C(C)C)C(C)C. The molecular formula is C21H37N2OP. The first-order chi connectivity index (χ1) is 12.0. The van der Waals surface area contributed by atoms with Gasteiger partial charge in [-0.2, -0.15) is 5.10 Å². The quantitative estimate of drug-likeness (QED) is 0.403. The zero-order valence-electron chi connectivity index (χ0n) is 17.0. The van der Waals surface area contributed by atoms with Crippen LogP contribution >= 0.6 is 7.92 Å². The highest BCUT2D eigenvalue weighted by molar-refractivity contribution is 7.60. The van der Waals surface area contributed by atoms with Gasteiger partial charge in [-0.25, -0.2) is 0 Å². The third kappa shape index (κ3) is 5.17. The van der Waals surface area contributed by atoms with Crippen molar-refractivity contribution in [2.24, 2.45) is 5.10 Å². The van der Waals surface area contributed by atoms with Crippen molar-refractivity contribution in [3.63, 3.8) is 0 Å². The van der Waals surface area contributed by atoms with Crippen LogP contribution in [-0.4, -0.2) is 54.0 Å². The van der Waals surface area contributed by atoms with Crippen molar-refractivity contribution in [2.75, 3.05) is 20.3 Å². The summed E-state index contributed by atoms with van der Waals surface area (Å²) in [6.45, 7) is 13.8. The van der Waals surface area contributed by atoms with E-state index in [9.17, 15) is 0 Å². The van der Waals surface area contributed by atoms with Gasteiger partial charge in [-0.05, 0) is 42.6 Å². The van der Waals surface area contributed by atoms with Crippen molar-refractivity contribution in [1.29, 1.82) is 0 Å². The second-order valence-electron chi connectivity index (χ2n) is 7.78. The van der Waals surface area contributed by atoms with E-state index in [-0.39, 0.29) is 7.92 Å². The van der Waals surface area contributed by atoms with Crippen molar-refractivity contribution >= 4 is 13.6 Å². The molecule has 2 rings (SSSR count). The molecule has 0 N–H and O–H groups in total. The number of hydrazone groups is 1. The normalized spacial score (nSPS) is 22.6. The fourth-order valence-electron chi connectivity index (χ4n) is 4.30. The summed E-state index contributed by atoms with van der Waals surface area (Å²) >= 11 is 0. The van der Waals surface area contributed by atoms with Crippen LogP contribution in [0, 0.1) is 0 Å². The largest absolute Gasteiger partial charge is 0.382 e. The van der Waals surface area contributed by atoms with Crippen LogP contribution in [0.25, 0.3) is 0 Å². The number of ether oxygens (including phenoxy) is 1. The second kappa shape index (κ2) is 9.88. The molecule has 0 aromatic heterocycles. The van der Waals surface area contributed by atoms with Crippen LogP contribution in [-0.2, 0) is 4.74 Å². The zero-order valence-corrected chi connectivity index (χ0v) is 17.9. The van der Waals surface area contributed by atoms with Crippen LogP contribution < -0.4 is 0 Å². The third-order valence-electron chi connectivity index (χ3n) is 5.30. The lowest BCUT2D eigenvalue weighted by Gasteiger charge is -2.36. The first-order valence-corrected chi connectivity index (χ1v) is 11.5. The van der Waals surface area contributed by atoms with E-state index in [4.69, 9.17) is 9.84 Å². The van der Waals surface area contributed by atoms with E-state index < -0.39 is 0 Å². The molecule has 4 heteroatoms. The number of methoxy groups -OCH3 is 1. The Hall–Kier alpha value is -0.660. The van der Waals surface area contributed by atoms with E-state index >= 15 is 0 Å². The van der Waals surface area contributed by atoms with Crippen molar-refractivity contribution in [1.82, 2.24) is 5.01 Å². The van der Waals surface area contributed by atoms with Crippen molar-refractivity contribution < 1.29 is 4.74 Å². The van der Waals surface area contributed by atoms with Crippen LogP contribution in [0.3, 0.4) is 0 Å². The molecule has 1 saturated heterocycles. The maximum atomic E-state index is 5.44. The maximum absolute atomic E-state index is 5.44. The van der Waals surface area contributed by atoms with Gasteiger partial charge in [0.1, 0.15) is 0 Å². The highest BCUT2D eigenvalue weighted by atomic mass is 31.1. The predicted octanol–water partition coefficient (Wildman–Crippen LogP) is 5.42. The molecule has 0 bridgehead atoms. The van der Waals surface area contributed by atoms with Gasteiger partial charge in [0.25, 0.3) is 0 Å². The monoisotopic (exact) mass is 364 g/mol. The Morgan fingerprint density at radius 3 is 2.56 bits per heavy atom. The molecule has 1 aliphatic heterocycles. The molecule has 1 fully saturated rings. The zero-order chi connectivity index (χ0) is 18.4. The van der Waals surface area contributed by atoms with Gasteiger partial charge in [-0.3, -0.25) is 5.01 Å². The minimum absolute atomic E-state index is 0.0973. The summed E-state index contributed by atoms with van der Waals surface area (Å²) in [4.78, 5) is 0. The van der Waals surface area contributed by atoms with Gasteiger partial charge in [0.2, 0.25) is 0 Å². The van der Waals surface area contributed by atoms with Gasteiger partial charge >= 0.3 is 0 Å². The number of nitrogens with zero attached hydrogens (tertiary/aromatic N) is 2. The average molecular weight is 365 g/mol. The lowest BCUT2D eigenvalue weighted by atomic mass is 10.1. The van der Waals surface area contributed by atoms with Gasteiger partial charge in [0, 0.05) is 19.3 Å². The lowest BCUT2D eigenvalue weighted by Crippen LogP contribution is -2.33. The highest BCUT2D eigenvalue weighted by Gasteiger charge is 2.33. The number of hydrogen-bond donors (Lipinski definition) is 0. The summed E-state index contributed by atoms with van der Waals surface area (Å²) in [6, 6.07) is 0.441. The Kier molecular flexibility index (Phi) is 8.16. The van der Waals surface area contributed by atoms with Gasteiger partial charge in [0.05, 0.1) is 18.4 Å². The highest BCUT2D eigenvalue weighted by Crippen LogP contribution is 2.53. The molecule has 0 aromatic carbocycles. The molecule has 0 spiro atoms. The Morgan fingerprint density at radius 2 is 2.04 bits per heavy atom. The molecule has 3 nitrogen and oxygen atoms in total. The third-order valence-corrected chi connectivity index (χ3v) is 9.01. The molecular weight excluding hydrogens is 327 g/mol. The molecule has 2 aliphatic rings. The van der Waals surface area contributed by atoms with E-state index in [1.165, 1.54) is 30.5 Å². The molecule has 0 amide bonds. The topological polar surface area (TPSA) is 24.8 Å². The van der Waals surface area contributed by atoms with E-state index in [2.05, 4.69) is 57.9 Å².